The Morgan fingerprint density at radius 3 is 1.67 bits per heavy atom. The molecule has 0 bridgehead atoms. The van der Waals surface area contributed by atoms with Crippen molar-refractivity contribution in [1.82, 2.24) is 0 Å². The molecule has 0 unspecified atom stereocenters. The number of hydrogen-bond donors (Lipinski definition) is 5. The fourth-order valence-corrected chi connectivity index (χ4v) is 1.12. The Labute approximate surface area is 78.5 Å². The third-order valence-corrected chi connectivity index (χ3v) is 2.30. The third-order valence-electron chi connectivity index (χ3n) is 1.51. The Kier molecular flexibility index (Phi) is 6.04. The Bertz CT molecular complexity index is 109. The fourth-order valence-electron chi connectivity index (χ4n) is 0.671. The first-order valence-corrected chi connectivity index (χ1v) is 4.81. The summed E-state index contributed by atoms with van der Waals surface area (Å²) in [6.07, 6.45) is -5.49. The standard InChI is InChI=1S/C6H14O5Se/c7-1-3(8)5(10)6(11)4(9)2-12/h3-12H,1-2H2/t3-,4+,5-,6-/m1/s1. The Morgan fingerprint density at radius 1 is 0.917 bits per heavy atom. The van der Waals surface area contributed by atoms with Gasteiger partial charge in [-0.15, -0.1) is 0 Å². The van der Waals surface area contributed by atoms with E-state index in [9.17, 15) is 0 Å². The van der Waals surface area contributed by atoms with Crippen LogP contribution < -0.4 is 0 Å². The normalized spacial score (nSPS) is 21.5. The van der Waals surface area contributed by atoms with E-state index in [-0.39, 0.29) is 5.32 Å². The Hall–Kier alpha value is 0.319. The van der Waals surface area contributed by atoms with Crippen molar-refractivity contribution in [3.05, 3.63) is 0 Å². The first-order valence-electron chi connectivity index (χ1n) is 3.48. The first-order chi connectivity index (χ1) is 5.54. The second kappa shape index (κ2) is 5.88. The van der Waals surface area contributed by atoms with E-state index in [0.717, 1.165) is 0 Å². The molecule has 5 N–H and O–H groups in total. The number of aliphatic hydroxyl groups excluding tert-OH is 5. The minimum absolute atomic E-state index is 0.212. The minimum atomic E-state index is -1.52. The van der Waals surface area contributed by atoms with Gasteiger partial charge in [-0.25, -0.2) is 0 Å². The molecule has 0 aliphatic carbocycles. The van der Waals surface area contributed by atoms with Crippen LogP contribution in [0.4, 0.5) is 0 Å². The zero-order valence-corrected chi connectivity index (χ0v) is 8.28. The van der Waals surface area contributed by atoms with Crippen molar-refractivity contribution in [2.75, 3.05) is 6.61 Å². The summed E-state index contributed by atoms with van der Waals surface area (Å²) in [6.45, 7) is -0.649. The average molecular weight is 245 g/mol. The molecule has 0 radical (unpaired) electrons. The third kappa shape index (κ3) is 3.37. The molecule has 0 aromatic rings. The molecule has 0 amide bonds. The summed E-state index contributed by atoms with van der Waals surface area (Å²) in [6, 6.07) is 0. The summed E-state index contributed by atoms with van der Waals surface area (Å²) < 4.78 is 0. The summed E-state index contributed by atoms with van der Waals surface area (Å²) in [4.78, 5) is 0. The molecule has 74 valence electrons. The summed E-state index contributed by atoms with van der Waals surface area (Å²) in [5, 5.41) is 44.7. The van der Waals surface area contributed by atoms with E-state index in [1.165, 1.54) is 0 Å². The molecular weight excluding hydrogens is 231 g/mol. The molecule has 0 spiro atoms. The van der Waals surface area contributed by atoms with Crippen molar-refractivity contribution >= 4 is 16.0 Å². The molecule has 4 atom stereocenters. The van der Waals surface area contributed by atoms with Crippen molar-refractivity contribution in [2.45, 2.75) is 29.7 Å². The molecule has 12 heavy (non-hydrogen) atoms. The van der Waals surface area contributed by atoms with Crippen molar-refractivity contribution in [1.29, 1.82) is 0 Å². The van der Waals surface area contributed by atoms with E-state index in [1.807, 2.05) is 0 Å². The zero-order valence-electron chi connectivity index (χ0n) is 6.41. The molecule has 0 fully saturated rings. The van der Waals surface area contributed by atoms with E-state index in [1.54, 1.807) is 0 Å². The summed E-state index contributed by atoms with van der Waals surface area (Å²) in [7, 11) is 0. The van der Waals surface area contributed by atoms with E-state index in [4.69, 9.17) is 25.5 Å². The Morgan fingerprint density at radius 2 is 1.33 bits per heavy atom. The van der Waals surface area contributed by atoms with Crippen LogP contribution >= 0.6 is 0 Å². The van der Waals surface area contributed by atoms with Crippen LogP contribution in [-0.4, -0.2) is 72.6 Å². The van der Waals surface area contributed by atoms with Gasteiger partial charge < -0.3 is 0 Å². The van der Waals surface area contributed by atoms with Gasteiger partial charge in [0.05, 0.1) is 0 Å². The predicted octanol–water partition coefficient (Wildman–Crippen LogP) is -3.26. The maximum absolute atomic E-state index is 9.11. The van der Waals surface area contributed by atoms with Crippen molar-refractivity contribution in [3.8, 4) is 0 Å². The van der Waals surface area contributed by atoms with Crippen LogP contribution in [0, 0.1) is 0 Å². The summed E-state index contributed by atoms with van der Waals surface area (Å²) >= 11 is 2.05. The molecule has 0 saturated heterocycles. The molecule has 0 heterocycles. The molecule has 0 aliphatic rings. The first kappa shape index (κ1) is 12.3. The van der Waals surface area contributed by atoms with Crippen LogP contribution in [0.25, 0.3) is 0 Å². The van der Waals surface area contributed by atoms with Gasteiger partial charge in [-0.05, 0) is 0 Å². The second-order valence-electron chi connectivity index (χ2n) is 2.48. The number of rotatable bonds is 5. The van der Waals surface area contributed by atoms with Gasteiger partial charge in [0.25, 0.3) is 0 Å². The van der Waals surface area contributed by atoms with Gasteiger partial charge in [0, 0.05) is 0 Å². The van der Waals surface area contributed by atoms with Crippen LogP contribution in [0.2, 0.25) is 5.32 Å². The molecule has 5 nitrogen and oxygen atoms in total. The molecule has 0 aromatic carbocycles. The number of aliphatic hydroxyl groups is 5. The van der Waals surface area contributed by atoms with Gasteiger partial charge in [-0.1, -0.05) is 0 Å². The van der Waals surface area contributed by atoms with Crippen LogP contribution in [-0.2, 0) is 0 Å². The van der Waals surface area contributed by atoms with Crippen LogP contribution in [0.3, 0.4) is 0 Å². The van der Waals surface area contributed by atoms with E-state index in [0.29, 0.717) is 0 Å². The number of hydrogen-bond acceptors (Lipinski definition) is 5. The molecule has 6 heteroatoms. The topological polar surface area (TPSA) is 101 Å². The van der Waals surface area contributed by atoms with E-state index < -0.39 is 31.0 Å². The quantitative estimate of drug-likeness (QED) is 0.327. The zero-order chi connectivity index (χ0) is 9.72. The van der Waals surface area contributed by atoms with Gasteiger partial charge in [0.2, 0.25) is 0 Å². The van der Waals surface area contributed by atoms with Crippen molar-refractivity contribution in [2.24, 2.45) is 0 Å². The molecule has 0 saturated carbocycles. The molecule has 0 rings (SSSR count). The van der Waals surface area contributed by atoms with E-state index in [2.05, 4.69) is 16.0 Å². The van der Waals surface area contributed by atoms with Crippen LogP contribution in [0.5, 0.6) is 0 Å². The predicted molar refractivity (Wildman–Crippen MR) is 43.1 cm³/mol. The molecule has 0 aromatic heterocycles. The monoisotopic (exact) mass is 246 g/mol. The van der Waals surface area contributed by atoms with Gasteiger partial charge in [-0.2, -0.15) is 0 Å². The fraction of sp³-hybridized carbons (Fsp3) is 1.00. The van der Waals surface area contributed by atoms with Gasteiger partial charge in [0.1, 0.15) is 0 Å². The summed E-state index contributed by atoms with van der Waals surface area (Å²) in [5.41, 5.74) is 0. The second-order valence-corrected chi connectivity index (χ2v) is 3.25. The molecular formula is C6H14O5Se. The summed E-state index contributed by atoms with van der Waals surface area (Å²) in [5.74, 6) is 0. The average Bonchev–Trinajstić information content (AvgIpc) is 2.12. The Balaban J connectivity index is 3.99. The van der Waals surface area contributed by atoms with Crippen molar-refractivity contribution < 1.29 is 25.5 Å². The van der Waals surface area contributed by atoms with Crippen LogP contribution in [0.1, 0.15) is 0 Å². The maximum atomic E-state index is 9.11. The van der Waals surface area contributed by atoms with Crippen molar-refractivity contribution in [3.63, 3.8) is 0 Å². The van der Waals surface area contributed by atoms with Gasteiger partial charge in [0.15, 0.2) is 0 Å². The van der Waals surface area contributed by atoms with Crippen LogP contribution in [0.15, 0.2) is 0 Å². The van der Waals surface area contributed by atoms with Gasteiger partial charge in [-0.3, -0.25) is 0 Å². The van der Waals surface area contributed by atoms with Gasteiger partial charge >= 0.3 is 77.9 Å². The SMILES string of the molecule is OC[C@@H](O)[C@@H](O)[C@H](O)[C@@H](O)C[SeH]. The molecule has 0 aliphatic heterocycles. The van der Waals surface area contributed by atoms with E-state index >= 15 is 0 Å².